The molecule has 3 heterocycles. The van der Waals surface area contributed by atoms with Gasteiger partial charge in [-0.1, -0.05) is 20.8 Å². The molecule has 108 valence electrons. The summed E-state index contributed by atoms with van der Waals surface area (Å²) < 4.78 is 2.05. The smallest absolute Gasteiger partial charge is 0.155 e. The predicted octanol–water partition coefficient (Wildman–Crippen LogP) is 2.78. The fourth-order valence-electron chi connectivity index (χ4n) is 3.00. The molecule has 4 nitrogen and oxygen atoms in total. The summed E-state index contributed by atoms with van der Waals surface area (Å²) in [6, 6.07) is 4.25. The molecular formula is C16H24N4. The molecule has 0 radical (unpaired) electrons. The van der Waals surface area contributed by atoms with Crippen molar-refractivity contribution in [1.82, 2.24) is 19.9 Å². The van der Waals surface area contributed by atoms with E-state index in [-0.39, 0.29) is 5.41 Å². The van der Waals surface area contributed by atoms with E-state index in [1.165, 1.54) is 18.5 Å². The third kappa shape index (κ3) is 2.85. The van der Waals surface area contributed by atoms with Crippen LogP contribution in [0, 0.1) is 5.41 Å². The van der Waals surface area contributed by atoms with Crippen LogP contribution in [0.5, 0.6) is 0 Å². The maximum Gasteiger partial charge on any atom is 0.155 e. The minimum atomic E-state index is 0.254. The number of nitrogens with one attached hydrogen (secondary N) is 1. The second-order valence-corrected chi connectivity index (χ2v) is 7.06. The lowest BCUT2D eigenvalue weighted by Gasteiger charge is -2.23. The first-order valence-corrected chi connectivity index (χ1v) is 7.57. The Morgan fingerprint density at radius 2 is 2.25 bits per heavy atom. The van der Waals surface area contributed by atoms with Crippen LogP contribution < -0.4 is 5.32 Å². The Morgan fingerprint density at radius 1 is 1.40 bits per heavy atom. The Hall–Kier alpha value is -1.42. The first-order chi connectivity index (χ1) is 9.53. The molecule has 0 spiro atoms. The van der Waals surface area contributed by atoms with E-state index in [1.54, 1.807) is 0 Å². The molecule has 2 aromatic rings. The van der Waals surface area contributed by atoms with Crippen molar-refractivity contribution in [3.63, 3.8) is 0 Å². The van der Waals surface area contributed by atoms with Crippen molar-refractivity contribution < 1.29 is 0 Å². The molecule has 4 heteroatoms. The minimum absolute atomic E-state index is 0.254. The third-order valence-electron chi connectivity index (χ3n) is 3.86. The van der Waals surface area contributed by atoms with Crippen LogP contribution >= 0.6 is 0 Å². The van der Waals surface area contributed by atoms with Crippen molar-refractivity contribution in [2.75, 3.05) is 13.1 Å². The molecule has 1 fully saturated rings. The Balaban J connectivity index is 1.96. The van der Waals surface area contributed by atoms with Crippen LogP contribution in [-0.2, 0) is 6.42 Å². The molecular weight excluding hydrogens is 248 g/mol. The van der Waals surface area contributed by atoms with Crippen LogP contribution in [0.25, 0.3) is 5.65 Å². The van der Waals surface area contributed by atoms with Gasteiger partial charge in [-0.05, 0) is 37.3 Å². The van der Waals surface area contributed by atoms with Gasteiger partial charge >= 0.3 is 0 Å². The van der Waals surface area contributed by atoms with Gasteiger partial charge in [-0.2, -0.15) is 5.10 Å². The van der Waals surface area contributed by atoms with E-state index < -0.39 is 0 Å². The standard InChI is InChI=1S/C16H24N4/c1-16(2,3)10-13-9-15-18-8-6-14(20(15)19-13)12-5-4-7-17-11-12/h6,8-9,12,17H,4-5,7,10-11H2,1-3H3. The van der Waals surface area contributed by atoms with Gasteiger partial charge in [-0.25, -0.2) is 9.50 Å². The summed E-state index contributed by atoms with van der Waals surface area (Å²) in [4.78, 5) is 4.47. The van der Waals surface area contributed by atoms with Crippen molar-refractivity contribution in [3.8, 4) is 0 Å². The topological polar surface area (TPSA) is 42.2 Å². The van der Waals surface area contributed by atoms with E-state index in [0.717, 1.165) is 30.9 Å². The maximum absolute atomic E-state index is 4.80. The van der Waals surface area contributed by atoms with Crippen LogP contribution in [0.3, 0.4) is 0 Å². The molecule has 20 heavy (non-hydrogen) atoms. The van der Waals surface area contributed by atoms with Crippen molar-refractivity contribution in [1.29, 1.82) is 0 Å². The van der Waals surface area contributed by atoms with E-state index in [0.29, 0.717) is 5.92 Å². The maximum atomic E-state index is 4.80. The molecule has 1 aliphatic heterocycles. The molecule has 2 aromatic heterocycles. The third-order valence-corrected chi connectivity index (χ3v) is 3.86. The van der Waals surface area contributed by atoms with Gasteiger partial charge in [0.05, 0.1) is 11.4 Å². The molecule has 0 amide bonds. The monoisotopic (exact) mass is 272 g/mol. The van der Waals surface area contributed by atoms with Crippen LogP contribution in [0.4, 0.5) is 0 Å². The van der Waals surface area contributed by atoms with Gasteiger partial charge in [0.15, 0.2) is 5.65 Å². The molecule has 0 aromatic carbocycles. The molecule has 0 saturated carbocycles. The van der Waals surface area contributed by atoms with E-state index in [1.807, 2.05) is 6.20 Å². The lowest BCUT2D eigenvalue weighted by molar-refractivity contribution is 0.404. The van der Waals surface area contributed by atoms with Gasteiger partial charge in [0.25, 0.3) is 0 Å². The van der Waals surface area contributed by atoms with Crippen LogP contribution in [0.1, 0.15) is 50.9 Å². The highest BCUT2D eigenvalue weighted by Gasteiger charge is 2.20. The summed E-state index contributed by atoms with van der Waals surface area (Å²) in [5, 5.41) is 8.28. The fraction of sp³-hybridized carbons (Fsp3) is 0.625. The highest BCUT2D eigenvalue weighted by molar-refractivity contribution is 5.41. The summed E-state index contributed by atoms with van der Waals surface area (Å²) in [5.74, 6) is 0.552. The van der Waals surface area contributed by atoms with Crippen LogP contribution in [0.2, 0.25) is 0 Å². The van der Waals surface area contributed by atoms with Gasteiger partial charge in [-0.15, -0.1) is 0 Å². The number of fused-ring (bicyclic) bond motifs is 1. The second kappa shape index (κ2) is 5.17. The van der Waals surface area contributed by atoms with E-state index >= 15 is 0 Å². The SMILES string of the molecule is CC(C)(C)Cc1cc2nccc(C3CCCNC3)n2n1. The molecule has 1 unspecified atom stereocenters. The predicted molar refractivity (Wildman–Crippen MR) is 81.0 cm³/mol. The molecule has 1 N–H and O–H groups in total. The largest absolute Gasteiger partial charge is 0.316 e. The summed E-state index contributed by atoms with van der Waals surface area (Å²) >= 11 is 0. The van der Waals surface area contributed by atoms with E-state index in [4.69, 9.17) is 5.10 Å². The Bertz CT molecular complexity index is 588. The lowest BCUT2D eigenvalue weighted by Crippen LogP contribution is -2.29. The fourth-order valence-corrected chi connectivity index (χ4v) is 3.00. The molecule has 1 saturated heterocycles. The van der Waals surface area contributed by atoms with Crippen molar-refractivity contribution in [2.24, 2.45) is 5.41 Å². The van der Waals surface area contributed by atoms with Crippen LogP contribution in [-0.4, -0.2) is 27.7 Å². The normalized spacial score (nSPS) is 20.4. The molecule has 1 atom stereocenters. The first kappa shape index (κ1) is 13.6. The average Bonchev–Trinajstić information content (AvgIpc) is 2.79. The lowest BCUT2D eigenvalue weighted by atomic mass is 9.91. The summed E-state index contributed by atoms with van der Waals surface area (Å²) in [7, 11) is 0. The average molecular weight is 272 g/mol. The Kier molecular flexibility index (Phi) is 3.50. The van der Waals surface area contributed by atoms with Gasteiger partial charge < -0.3 is 5.32 Å². The number of hydrogen-bond donors (Lipinski definition) is 1. The van der Waals surface area contributed by atoms with Gasteiger partial charge in [-0.3, -0.25) is 0 Å². The van der Waals surface area contributed by atoms with Gasteiger partial charge in [0.2, 0.25) is 0 Å². The zero-order valence-electron chi connectivity index (χ0n) is 12.7. The molecule has 3 rings (SSSR count). The Labute approximate surface area is 120 Å². The number of hydrogen-bond acceptors (Lipinski definition) is 3. The highest BCUT2D eigenvalue weighted by Crippen LogP contribution is 2.25. The van der Waals surface area contributed by atoms with Crippen molar-refractivity contribution in [3.05, 3.63) is 29.7 Å². The number of aromatic nitrogens is 3. The summed E-state index contributed by atoms with van der Waals surface area (Å²) in [6.07, 6.45) is 5.38. The first-order valence-electron chi connectivity index (χ1n) is 7.57. The van der Waals surface area contributed by atoms with Gasteiger partial charge in [0.1, 0.15) is 0 Å². The zero-order valence-corrected chi connectivity index (χ0v) is 12.7. The number of rotatable bonds is 2. The van der Waals surface area contributed by atoms with E-state index in [9.17, 15) is 0 Å². The van der Waals surface area contributed by atoms with Gasteiger partial charge in [0, 0.05) is 24.7 Å². The summed E-state index contributed by atoms with van der Waals surface area (Å²) in [5.41, 5.74) is 3.67. The molecule has 1 aliphatic rings. The Morgan fingerprint density at radius 3 is 2.95 bits per heavy atom. The quantitative estimate of drug-likeness (QED) is 0.914. The molecule has 0 bridgehead atoms. The number of piperidine rings is 1. The van der Waals surface area contributed by atoms with Crippen molar-refractivity contribution >= 4 is 5.65 Å². The van der Waals surface area contributed by atoms with Crippen molar-refractivity contribution in [2.45, 2.75) is 46.0 Å². The minimum Gasteiger partial charge on any atom is -0.316 e. The molecule has 0 aliphatic carbocycles. The summed E-state index contributed by atoms with van der Waals surface area (Å²) in [6.45, 7) is 8.93. The number of nitrogens with zero attached hydrogens (tertiary/aromatic N) is 3. The second-order valence-electron chi connectivity index (χ2n) is 7.06. The zero-order chi connectivity index (χ0) is 14.2. The highest BCUT2D eigenvalue weighted by atomic mass is 15.3. The van der Waals surface area contributed by atoms with Crippen LogP contribution in [0.15, 0.2) is 18.3 Å². The van der Waals surface area contributed by atoms with E-state index in [2.05, 4.69) is 47.7 Å².